The number of carbonyl (C=O) groups excluding carboxylic acids is 1. The maximum atomic E-state index is 11.9. The summed E-state index contributed by atoms with van der Waals surface area (Å²) in [5.74, 6) is 1.05. The van der Waals surface area contributed by atoms with Gasteiger partial charge in [0.15, 0.2) is 11.7 Å². The number of amides is 1. The minimum Gasteiger partial charge on any atom is -0.441 e. The molecule has 1 heterocycles. The number of nitrogens with zero attached hydrogens (tertiary/aromatic N) is 1. The molecule has 0 saturated carbocycles. The van der Waals surface area contributed by atoms with Crippen LogP contribution in [0.4, 0.5) is 5.69 Å². The fourth-order valence-corrected chi connectivity index (χ4v) is 2.41. The first-order valence-electron chi connectivity index (χ1n) is 7.27. The van der Waals surface area contributed by atoms with Crippen LogP contribution in [-0.2, 0) is 11.2 Å². The maximum absolute atomic E-state index is 11.9. The highest BCUT2D eigenvalue weighted by Gasteiger charge is 2.11. The number of rotatable bonds is 5. The second-order valence-corrected chi connectivity index (χ2v) is 5.42. The molecule has 0 aliphatic carbocycles. The lowest BCUT2D eigenvalue weighted by molar-refractivity contribution is -0.116. The number of nitrogens with one attached hydrogen (secondary N) is 1. The van der Waals surface area contributed by atoms with Gasteiger partial charge in [-0.3, -0.25) is 4.79 Å². The summed E-state index contributed by atoms with van der Waals surface area (Å²) in [7, 11) is 0. The molecule has 4 nitrogen and oxygen atoms in total. The van der Waals surface area contributed by atoms with Gasteiger partial charge in [-0.05, 0) is 24.3 Å². The number of hydrogen-bond acceptors (Lipinski definition) is 3. The zero-order chi connectivity index (χ0) is 16.1. The second kappa shape index (κ2) is 7.11. The Morgan fingerprint density at radius 2 is 1.83 bits per heavy atom. The van der Waals surface area contributed by atoms with Crippen molar-refractivity contribution in [2.45, 2.75) is 12.8 Å². The normalized spacial score (nSPS) is 10.5. The van der Waals surface area contributed by atoms with Crippen molar-refractivity contribution < 1.29 is 9.21 Å². The molecule has 0 radical (unpaired) electrons. The Kier molecular flexibility index (Phi) is 4.74. The molecule has 23 heavy (non-hydrogen) atoms. The Balaban J connectivity index is 1.59. The third-order valence-corrected chi connectivity index (χ3v) is 3.65. The van der Waals surface area contributed by atoms with E-state index in [1.165, 1.54) is 0 Å². The zero-order valence-corrected chi connectivity index (χ0v) is 13.1. The lowest BCUT2D eigenvalue weighted by Gasteiger charge is -2.03. The molecule has 116 valence electrons. The van der Waals surface area contributed by atoms with Gasteiger partial charge in [0.25, 0.3) is 0 Å². The number of benzene rings is 2. The quantitative estimate of drug-likeness (QED) is 0.747. The monoisotopic (exact) mass is 326 g/mol. The molecule has 1 N–H and O–H groups in total. The average molecular weight is 327 g/mol. The van der Waals surface area contributed by atoms with Gasteiger partial charge in [0.1, 0.15) is 0 Å². The summed E-state index contributed by atoms with van der Waals surface area (Å²) < 4.78 is 5.68. The van der Waals surface area contributed by atoms with Crippen molar-refractivity contribution in [3.05, 3.63) is 71.7 Å². The summed E-state index contributed by atoms with van der Waals surface area (Å²) in [6, 6.07) is 16.8. The first-order chi connectivity index (χ1) is 11.2. The third-order valence-electron chi connectivity index (χ3n) is 3.32. The minimum absolute atomic E-state index is 0.0753. The van der Waals surface area contributed by atoms with Crippen molar-refractivity contribution in [1.29, 1.82) is 0 Å². The topological polar surface area (TPSA) is 55.1 Å². The van der Waals surface area contributed by atoms with E-state index in [0.29, 0.717) is 29.5 Å². The number of oxazole rings is 1. The van der Waals surface area contributed by atoms with E-state index >= 15 is 0 Å². The fraction of sp³-hybridized carbons (Fsp3) is 0.111. The standard InChI is InChI=1S/C18H15ClN2O2/c19-15-9-5-4-8-14(15)16-12-20-18(23-16)11-10-17(22)21-13-6-2-1-3-7-13/h1-9,12H,10-11H2,(H,21,22). The smallest absolute Gasteiger partial charge is 0.224 e. The molecule has 0 fully saturated rings. The molecule has 2 aromatic carbocycles. The van der Waals surface area contributed by atoms with Gasteiger partial charge in [-0.15, -0.1) is 0 Å². The van der Waals surface area contributed by atoms with Crippen molar-refractivity contribution in [2.75, 3.05) is 5.32 Å². The predicted molar refractivity (Wildman–Crippen MR) is 90.3 cm³/mol. The highest BCUT2D eigenvalue weighted by molar-refractivity contribution is 6.33. The first kappa shape index (κ1) is 15.3. The predicted octanol–water partition coefficient (Wildman–Crippen LogP) is 4.57. The Labute approximate surface area is 139 Å². The lowest BCUT2D eigenvalue weighted by Crippen LogP contribution is -2.12. The van der Waals surface area contributed by atoms with E-state index in [2.05, 4.69) is 10.3 Å². The van der Waals surface area contributed by atoms with Gasteiger partial charge in [0, 0.05) is 24.1 Å². The van der Waals surface area contributed by atoms with E-state index in [1.807, 2.05) is 48.5 Å². The van der Waals surface area contributed by atoms with Crippen LogP contribution >= 0.6 is 11.6 Å². The van der Waals surface area contributed by atoms with Gasteiger partial charge in [-0.1, -0.05) is 41.9 Å². The van der Waals surface area contributed by atoms with Crippen molar-refractivity contribution in [2.24, 2.45) is 0 Å². The Morgan fingerprint density at radius 1 is 1.09 bits per heavy atom. The van der Waals surface area contributed by atoms with E-state index in [0.717, 1.165) is 11.3 Å². The van der Waals surface area contributed by atoms with Crippen LogP contribution in [-0.4, -0.2) is 10.9 Å². The van der Waals surface area contributed by atoms with Crippen LogP contribution in [0.2, 0.25) is 5.02 Å². The molecule has 0 bridgehead atoms. The molecule has 3 aromatic rings. The molecule has 0 aliphatic heterocycles. The summed E-state index contributed by atoms with van der Waals surface area (Å²) in [6.45, 7) is 0. The molecule has 1 amide bonds. The third kappa shape index (κ3) is 3.99. The van der Waals surface area contributed by atoms with E-state index < -0.39 is 0 Å². The van der Waals surface area contributed by atoms with Crippen LogP contribution in [0.5, 0.6) is 0 Å². The first-order valence-corrected chi connectivity index (χ1v) is 7.64. The number of carbonyl (C=O) groups is 1. The minimum atomic E-state index is -0.0753. The Hall–Kier alpha value is -2.59. The number of halogens is 1. The maximum Gasteiger partial charge on any atom is 0.224 e. The second-order valence-electron chi connectivity index (χ2n) is 5.01. The van der Waals surface area contributed by atoms with Gasteiger partial charge < -0.3 is 9.73 Å². The van der Waals surface area contributed by atoms with E-state index in [9.17, 15) is 4.79 Å². The summed E-state index contributed by atoms with van der Waals surface area (Å²) in [5, 5.41) is 3.44. The fourth-order valence-electron chi connectivity index (χ4n) is 2.18. The summed E-state index contributed by atoms with van der Waals surface area (Å²) in [5.41, 5.74) is 1.57. The van der Waals surface area contributed by atoms with E-state index in [1.54, 1.807) is 12.3 Å². The highest BCUT2D eigenvalue weighted by Crippen LogP contribution is 2.28. The number of aromatic nitrogens is 1. The molecule has 3 rings (SSSR count). The number of anilines is 1. The van der Waals surface area contributed by atoms with Crippen LogP contribution in [0.25, 0.3) is 11.3 Å². The molecule has 5 heteroatoms. The highest BCUT2D eigenvalue weighted by atomic mass is 35.5. The molecule has 0 unspecified atom stereocenters. The van der Waals surface area contributed by atoms with Crippen molar-refractivity contribution in [3.63, 3.8) is 0 Å². The summed E-state index contributed by atoms with van der Waals surface area (Å²) in [6.07, 6.45) is 2.37. The van der Waals surface area contributed by atoms with Crippen LogP contribution in [0.3, 0.4) is 0 Å². The van der Waals surface area contributed by atoms with Gasteiger partial charge in [0.05, 0.1) is 11.2 Å². The van der Waals surface area contributed by atoms with Gasteiger partial charge in [-0.2, -0.15) is 0 Å². The SMILES string of the molecule is O=C(CCc1ncc(-c2ccccc2Cl)o1)Nc1ccccc1. The Bertz CT molecular complexity index is 800. The zero-order valence-electron chi connectivity index (χ0n) is 12.3. The molecule has 0 spiro atoms. The van der Waals surface area contributed by atoms with Crippen LogP contribution in [0.1, 0.15) is 12.3 Å². The van der Waals surface area contributed by atoms with Crippen LogP contribution in [0.15, 0.2) is 65.2 Å². The number of hydrogen-bond donors (Lipinski definition) is 1. The van der Waals surface area contributed by atoms with Crippen molar-refractivity contribution in [1.82, 2.24) is 4.98 Å². The molecule has 0 atom stereocenters. The lowest BCUT2D eigenvalue weighted by atomic mass is 10.2. The van der Waals surface area contributed by atoms with Gasteiger partial charge in [0.2, 0.25) is 5.91 Å². The summed E-state index contributed by atoms with van der Waals surface area (Å²) >= 11 is 6.13. The van der Waals surface area contributed by atoms with Crippen molar-refractivity contribution >= 4 is 23.2 Å². The number of aryl methyl sites for hydroxylation is 1. The summed E-state index contributed by atoms with van der Waals surface area (Å²) in [4.78, 5) is 16.1. The molecule has 1 aromatic heterocycles. The van der Waals surface area contributed by atoms with Gasteiger partial charge in [-0.25, -0.2) is 4.98 Å². The average Bonchev–Trinajstić information content (AvgIpc) is 3.03. The van der Waals surface area contributed by atoms with Gasteiger partial charge >= 0.3 is 0 Å². The Morgan fingerprint density at radius 3 is 2.61 bits per heavy atom. The van der Waals surface area contributed by atoms with Crippen LogP contribution in [0, 0.1) is 0 Å². The van der Waals surface area contributed by atoms with E-state index in [-0.39, 0.29) is 5.91 Å². The molecular weight excluding hydrogens is 312 g/mol. The molecule has 0 aliphatic rings. The van der Waals surface area contributed by atoms with Crippen molar-refractivity contribution in [3.8, 4) is 11.3 Å². The largest absolute Gasteiger partial charge is 0.441 e. The molecule has 0 saturated heterocycles. The molecular formula is C18H15ClN2O2. The van der Waals surface area contributed by atoms with E-state index in [4.69, 9.17) is 16.0 Å². The van der Waals surface area contributed by atoms with Crippen LogP contribution < -0.4 is 5.32 Å². The number of para-hydroxylation sites is 1.